The van der Waals surface area contributed by atoms with Gasteiger partial charge in [0.05, 0.1) is 5.69 Å². The number of aryl methyl sites for hydroxylation is 1. The topological polar surface area (TPSA) is 54.0 Å². The van der Waals surface area contributed by atoms with Gasteiger partial charge in [0.2, 0.25) is 0 Å². The highest BCUT2D eigenvalue weighted by atomic mass is 32.1. The number of nitrogens with one attached hydrogen (secondary N) is 2. The van der Waals surface area contributed by atoms with E-state index in [0.717, 1.165) is 30.0 Å². The van der Waals surface area contributed by atoms with Gasteiger partial charge in [0.25, 0.3) is 5.91 Å². The second-order valence-corrected chi connectivity index (χ2v) is 6.99. The molecule has 2 atom stereocenters. The molecule has 1 amide bonds. The summed E-state index contributed by atoms with van der Waals surface area (Å²) in [4.78, 5) is 17.6. The smallest absolute Gasteiger partial charge is 0.263 e. The Balaban J connectivity index is 1.75. The summed E-state index contributed by atoms with van der Waals surface area (Å²) in [5, 5.41) is 7.23. The Kier molecular flexibility index (Phi) is 4.73. The number of nitrogens with zero attached hydrogens (tertiary/aromatic N) is 1. The molecule has 1 saturated heterocycles. The van der Waals surface area contributed by atoms with E-state index in [2.05, 4.69) is 22.5 Å². The standard InChI is InChI=1S/C17H20FN3OS/c1-10-9-14(7-8-19-10)21-16(22)15-11(2)20-17(23-15)12-3-5-13(18)6-4-12/h3-6,10,14,19H,7-9H2,1-2H3,(H,21,22). The van der Waals surface area contributed by atoms with Gasteiger partial charge in [-0.05, 0) is 57.5 Å². The molecule has 0 aliphatic carbocycles. The molecular formula is C17H20FN3OS. The summed E-state index contributed by atoms with van der Waals surface area (Å²) in [5.41, 5.74) is 1.54. The van der Waals surface area contributed by atoms with Crippen LogP contribution in [0.3, 0.4) is 0 Å². The maximum absolute atomic E-state index is 13.0. The molecule has 1 aromatic carbocycles. The molecule has 2 aromatic rings. The van der Waals surface area contributed by atoms with Crippen LogP contribution in [0.25, 0.3) is 10.6 Å². The van der Waals surface area contributed by atoms with Crippen LogP contribution in [-0.4, -0.2) is 29.5 Å². The first-order chi connectivity index (χ1) is 11.0. The zero-order valence-corrected chi connectivity index (χ0v) is 14.0. The second kappa shape index (κ2) is 6.76. The number of piperidine rings is 1. The van der Waals surface area contributed by atoms with Gasteiger partial charge >= 0.3 is 0 Å². The van der Waals surface area contributed by atoms with Gasteiger partial charge in [-0.25, -0.2) is 9.37 Å². The van der Waals surface area contributed by atoms with Crippen molar-refractivity contribution in [3.05, 3.63) is 40.7 Å². The Bertz CT molecular complexity index is 698. The van der Waals surface area contributed by atoms with E-state index in [1.54, 1.807) is 12.1 Å². The molecule has 0 saturated carbocycles. The van der Waals surface area contributed by atoms with Crippen LogP contribution in [0.4, 0.5) is 4.39 Å². The lowest BCUT2D eigenvalue weighted by Crippen LogP contribution is -2.46. The minimum Gasteiger partial charge on any atom is -0.348 e. The van der Waals surface area contributed by atoms with Gasteiger partial charge in [0.15, 0.2) is 0 Å². The van der Waals surface area contributed by atoms with Crippen LogP contribution >= 0.6 is 11.3 Å². The number of halogens is 1. The molecule has 2 unspecified atom stereocenters. The normalized spacial score (nSPS) is 21.2. The first-order valence-electron chi connectivity index (χ1n) is 7.80. The molecule has 0 bridgehead atoms. The average Bonchev–Trinajstić information content (AvgIpc) is 2.90. The summed E-state index contributed by atoms with van der Waals surface area (Å²) in [6.45, 7) is 4.89. The van der Waals surface area contributed by atoms with Gasteiger partial charge in [-0.15, -0.1) is 11.3 Å². The van der Waals surface area contributed by atoms with Gasteiger partial charge in [-0.2, -0.15) is 0 Å². The molecule has 1 fully saturated rings. The quantitative estimate of drug-likeness (QED) is 0.907. The highest BCUT2D eigenvalue weighted by Gasteiger charge is 2.23. The number of rotatable bonds is 3. The lowest BCUT2D eigenvalue weighted by Gasteiger charge is -2.28. The molecule has 4 nitrogen and oxygen atoms in total. The first kappa shape index (κ1) is 16.1. The molecule has 2 heterocycles. The van der Waals surface area contributed by atoms with Crippen molar-refractivity contribution in [1.82, 2.24) is 15.6 Å². The Morgan fingerprint density at radius 2 is 2.13 bits per heavy atom. The highest BCUT2D eigenvalue weighted by molar-refractivity contribution is 7.17. The van der Waals surface area contributed by atoms with Crippen LogP contribution in [0, 0.1) is 12.7 Å². The van der Waals surface area contributed by atoms with Gasteiger partial charge in [-0.1, -0.05) is 0 Å². The van der Waals surface area contributed by atoms with Crippen molar-refractivity contribution in [3.8, 4) is 10.6 Å². The van der Waals surface area contributed by atoms with E-state index in [0.29, 0.717) is 16.6 Å². The van der Waals surface area contributed by atoms with Crippen molar-refractivity contribution in [2.75, 3.05) is 6.54 Å². The number of carbonyl (C=O) groups is 1. The third kappa shape index (κ3) is 3.76. The predicted octanol–water partition coefficient (Wildman–Crippen LogP) is 3.13. The van der Waals surface area contributed by atoms with E-state index in [4.69, 9.17) is 0 Å². The molecule has 3 rings (SSSR count). The lowest BCUT2D eigenvalue weighted by atomic mass is 10.0. The van der Waals surface area contributed by atoms with Crippen LogP contribution in [0.15, 0.2) is 24.3 Å². The fourth-order valence-corrected chi connectivity index (χ4v) is 3.81. The zero-order valence-electron chi connectivity index (χ0n) is 13.2. The average molecular weight is 333 g/mol. The Morgan fingerprint density at radius 3 is 2.83 bits per heavy atom. The van der Waals surface area contributed by atoms with E-state index < -0.39 is 0 Å². The van der Waals surface area contributed by atoms with E-state index in [-0.39, 0.29) is 17.8 Å². The SMILES string of the molecule is Cc1nc(-c2ccc(F)cc2)sc1C(=O)NC1CCNC(C)C1. The van der Waals surface area contributed by atoms with Crippen LogP contribution in [0.1, 0.15) is 35.1 Å². The molecule has 0 spiro atoms. The Morgan fingerprint density at radius 1 is 1.39 bits per heavy atom. The summed E-state index contributed by atoms with van der Waals surface area (Å²) in [7, 11) is 0. The minimum atomic E-state index is -0.278. The van der Waals surface area contributed by atoms with Crippen LogP contribution in [0.5, 0.6) is 0 Å². The molecule has 23 heavy (non-hydrogen) atoms. The second-order valence-electron chi connectivity index (χ2n) is 5.99. The van der Waals surface area contributed by atoms with E-state index in [9.17, 15) is 9.18 Å². The number of thiazole rings is 1. The first-order valence-corrected chi connectivity index (χ1v) is 8.62. The maximum atomic E-state index is 13.0. The Hall–Kier alpha value is -1.79. The largest absolute Gasteiger partial charge is 0.348 e. The van der Waals surface area contributed by atoms with Gasteiger partial charge in [0.1, 0.15) is 15.7 Å². The molecule has 1 aromatic heterocycles. The zero-order chi connectivity index (χ0) is 16.4. The number of hydrogen-bond acceptors (Lipinski definition) is 4. The summed E-state index contributed by atoms with van der Waals surface area (Å²) >= 11 is 1.35. The van der Waals surface area contributed by atoms with Crippen LogP contribution in [-0.2, 0) is 0 Å². The van der Waals surface area contributed by atoms with E-state index in [1.165, 1.54) is 23.5 Å². The monoisotopic (exact) mass is 333 g/mol. The number of hydrogen-bond donors (Lipinski definition) is 2. The van der Waals surface area contributed by atoms with Crippen molar-refractivity contribution in [1.29, 1.82) is 0 Å². The van der Waals surface area contributed by atoms with E-state index in [1.807, 2.05) is 6.92 Å². The Labute approximate surface area is 139 Å². The highest BCUT2D eigenvalue weighted by Crippen LogP contribution is 2.28. The van der Waals surface area contributed by atoms with Gasteiger partial charge in [-0.3, -0.25) is 4.79 Å². The molecule has 2 N–H and O–H groups in total. The lowest BCUT2D eigenvalue weighted by molar-refractivity contribution is 0.0929. The van der Waals surface area contributed by atoms with Crippen LogP contribution < -0.4 is 10.6 Å². The number of benzene rings is 1. The van der Waals surface area contributed by atoms with Crippen molar-refractivity contribution in [2.24, 2.45) is 0 Å². The summed E-state index contributed by atoms with van der Waals surface area (Å²) < 4.78 is 13.0. The molecule has 1 aliphatic heterocycles. The van der Waals surface area contributed by atoms with Crippen LogP contribution in [0.2, 0.25) is 0 Å². The number of amides is 1. The van der Waals surface area contributed by atoms with E-state index >= 15 is 0 Å². The summed E-state index contributed by atoms with van der Waals surface area (Å²) in [6.07, 6.45) is 1.88. The van der Waals surface area contributed by atoms with Crippen molar-refractivity contribution < 1.29 is 9.18 Å². The molecule has 6 heteroatoms. The van der Waals surface area contributed by atoms with Gasteiger partial charge in [0, 0.05) is 17.6 Å². The molecule has 122 valence electrons. The molecule has 0 radical (unpaired) electrons. The molecular weight excluding hydrogens is 313 g/mol. The maximum Gasteiger partial charge on any atom is 0.263 e. The summed E-state index contributed by atoms with van der Waals surface area (Å²) in [6, 6.07) is 6.80. The van der Waals surface area contributed by atoms with Crippen molar-refractivity contribution >= 4 is 17.2 Å². The predicted molar refractivity (Wildman–Crippen MR) is 90.2 cm³/mol. The third-order valence-electron chi connectivity index (χ3n) is 4.05. The fraction of sp³-hybridized carbons (Fsp3) is 0.412. The summed E-state index contributed by atoms with van der Waals surface area (Å²) in [5.74, 6) is -0.340. The number of aromatic nitrogens is 1. The molecule has 1 aliphatic rings. The van der Waals surface area contributed by atoms with Gasteiger partial charge < -0.3 is 10.6 Å². The third-order valence-corrected chi connectivity index (χ3v) is 5.26. The minimum absolute atomic E-state index is 0.0625. The van der Waals surface area contributed by atoms with Crippen molar-refractivity contribution in [3.63, 3.8) is 0 Å². The number of carbonyl (C=O) groups excluding carboxylic acids is 1. The fourth-order valence-electron chi connectivity index (χ4n) is 2.84. The van der Waals surface area contributed by atoms with Crippen molar-refractivity contribution in [2.45, 2.75) is 38.8 Å².